The first-order valence-electron chi connectivity index (χ1n) is 6.09. The molecule has 1 atom stereocenters. The van der Waals surface area contributed by atoms with E-state index in [0.717, 1.165) is 13.2 Å². The zero-order chi connectivity index (χ0) is 10.8. The topological polar surface area (TPSA) is 21.3 Å². The first-order valence-corrected chi connectivity index (χ1v) is 6.09. The Kier molecular flexibility index (Phi) is 9.42. The van der Waals surface area contributed by atoms with Crippen LogP contribution in [-0.4, -0.2) is 25.3 Å². The van der Waals surface area contributed by atoms with Crippen molar-refractivity contribution in [2.24, 2.45) is 0 Å². The maximum Gasteiger partial charge on any atom is 0.0671 e. The minimum Gasteiger partial charge on any atom is -0.377 e. The van der Waals surface area contributed by atoms with Crippen molar-refractivity contribution in [1.82, 2.24) is 5.32 Å². The molecule has 1 unspecified atom stereocenters. The smallest absolute Gasteiger partial charge is 0.0671 e. The minimum atomic E-state index is 0.344. The molecule has 0 amide bonds. The lowest BCUT2D eigenvalue weighted by molar-refractivity contribution is 0.0733. The lowest BCUT2D eigenvalue weighted by atomic mass is 10.1. The molecule has 86 valence electrons. The highest BCUT2D eigenvalue weighted by Crippen LogP contribution is 2.04. The Labute approximate surface area is 89.4 Å². The first kappa shape index (κ1) is 13.9. The van der Waals surface area contributed by atoms with Crippen LogP contribution in [-0.2, 0) is 4.74 Å². The van der Waals surface area contributed by atoms with Crippen LogP contribution in [0.15, 0.2) is 0 Å². The van der Waals surface area contributed by atoms with Gasteiger partial charge >= 0.3 is 0 Å². The van der Waals surface area contributed by atoms with E-state index in [1.54, 1.807) is 0 Å². The summed E-state index contributed by atoms with van der Waals surface area (Å²) in [4.78, 5) is 0. The highest BCUT2D eigenvalue weighted by atomic mass is 16.5. The van der Waals surface area contributed by atoms with Crippen LogP contribution in [0.3, 0.4) is 0 Å². The molecule has 0 bridgehead atoms. The molecule has 1 N–H and O–H groups in total. The van der Waals surface area contributed by atoms with Gasteiger partial charge < -0.3 is 10.1 Å². The van der Waals surface area contributed by atoms with Gasteiger partial charge in [0.2, 0.25) is 0 Å². The second-order valence-corrected chi connectivity index (χ2v) is 3.95. The third kappa shape index (κ3) is 7.34. The van der Waals surface area contributed by atoms with E-state index in [4.69, 9.17) is 4.74 Å². The Balaban J connectivity index is 3.57. The number of hydrogen-bond donors (Lipinski definition) is 1. The largest absolute Gasteiger partial charge is 0.377 e. The molecule has 0 heterocycles. The molecule has 0 aliphatic carbocycles. The van der Waals surface area contributed by atoms with Crippen LogP contribution in [0.2, 0.25) is 0 Å². The Bertz CT molecular complexity index is 111. The van der Waals surface area contributed by atoms with Crippen molar-refractivity contribution in [3.05, 3.63) is 0 Å². The summed E-state index contributed by atoms with van der Waals surface area (Å²) in [7, 11) is 0. The zero-order valence-corrected chi connectivity index (χ0v) is 10.3. The quantitative estimate of drug-likeness (QED) is 0.619. The fourth-order valence-electron chi connectivity index (χ4n) is 1.72. The molecule has 0 aromatic carbocycles. The van der Waals surface area contributed by atoms with E-state index in [0.29, 0.717) is 12.1 Å². The summed E-state index contributed by atoms with van der Waals surface area (Å²) in [5, 5.41) is 3.58. The number of ether oxygens (including phenoxy) is 1. The van der Waals surface area contributed by atoms with Crippen LogP contribution >= 0.6 is 0 Å². The summed E-state index contributed by atoms with van der Waals surface area (Å²) in [6.07, 6.45) is 5.44. The average molecular weight is 201 g/mol. The predicted octanol–water partition coefficient (Wildman–Crippen LogP) is 2.97. The molecule has 2 nitrogen and oxygen atoms in total. The maximum absolute atomic E-state index is 5.49. The Morgan fingerprint density at radius 1 is 1.07 bits per heavy atom. The van der Waals surface area contributed by atoms with Gasteiger partial charge in [0.1, 0.15) is 0 Å². The summed E-state index contributed by atoms with van der Waals surface area (Å²) >= 11 is 0. The van der Waals surface area contributed by atoms with Crippen molar-refractivity contribution in [3.63, 3.8) is 0 Å². The van der Waals surface area contributed by atoms with Gasteiger partial charge in [0.05, 0.1) is 6.10 Å². The third-order valence-electron chi connectivity index (χ3n) is 2.42. The molecule has 0 saturated carbocycles. The van der Waals surface area contributed by atoms with E-state index in [1.165, 1.54) is 25.7 Å². The van der Waals surface area contributed by atoms with Gasteiger partial charge in [-0.1, -0.05) is 26.7 Å². The summed E-state index contributed by atoms with van der Waals surface area (Å²) in [5.41, 5.74) is 0. The van der Waals surface area contributed by atoms with Gasteiger partial charge in [-0.25, -0.2) is 0 Å². The van der Waals surface area contributed by atoms with Crippen LogP contribution < -0.4 is 5.32 Å². The van der Waals surface area contributed by atoms with Gasteiger partial charge in [0, 0.05) is 19.2 Å². The fraction of sp³-hybridized carbons (Fsp3) is 1.00. The van der Waals surface area contributed by atoms with Crippen molar-refractivity contribution < 1.29 is 4.74 Å². The van der Waals surface area contributed by atoms with Gasteiger partial charge in [-0.3, -0.25) is 0 Å². The molecule has 0 rings (SSSR count). The van der Waals surface area contributed by atoms with Crippen LogP contribution in [0.5, 0.6) is 0 Å². The van der Waals surface area contributed by atoms with Crippen molar-refractivity contribution in [1.29, 1.82) is 0 Å². The van der Waals surface area contributed by atoms with E-state index < -0.39 is 0 Å². The molecular formula is C12H27NO. The van der Waals surface area contributed by atoms with E-state index in [1.807, 2.05) is 6.92 Å². The SMILES string of the molecule is CCCC(CCC)NCC(C)OCC. The molecule has 0 saturated heterocycles. The summed E-state index contributed by atoms with van der Waals surface area (Å²) < 4.78 is 5.49. The van der Waals surface area contributed by atoms with E-state index in [2.05, 4.69) is 26.1 Å². The van der Waals surface area contributed by atoms with Crippen LogP contribution in [0, 0.1) is 0 Å². The Hall–Kier alpha value is -0.0800. The Morgan fingerprint density at radius 2 is 1.64 bits per heavy atom. The molecule has 0 radical (unpaired) electrons. The summed E-state index contributed by atoms with van der Waals surface area (Å²) in [6, 6.07) is 0.688. The summed E-state index contributed by atoms with van der Waals surface area (Å²) in [5.74, 6) is 0. The minimum absolute atomic E-state index is 0.344. The zero-order valence-electron chi connectivity index (χ0n) is 10.3. The first-order chi connectivity index (χ1) is 6.74. The molecule has 0 aliphatic rings. The monoisotopic (exact) mass is 201 g/mol. The number of rotatable bonds is 9. The Morgan fingerprint density at radius 3 is 2.07 bits per heavy atom. The second-order valence-electron chi connectivity index (χ2n) is 3.95. The van der Waals surface area contributed by atoms with Crippen LogP contribution in [0.4, 0.5) is 0 Å². The third-order valence-corrected chi connectivity index (χ3v) is 2.42. The van der Waals surface area contributed by atoms with E-state index >= 15 is 0 Å². The van der Waals surface area contributed by atoms with Gasteiger partial charge in [-0.2, -0.15) is 0 Å². The number of nitrogens with one attached hydrogen (secondary N) is 1. The molecule has 0 spiro atoms. The van der Waals surface area contributed by atoms with E-state index in [-0.39, 0.29) is 0 Å². The fourth-order valence-corrected chi connectivity index (χ4v) is 1.72. The normalized spacial score (nSPS) is 13.5. The maximum atomic E-state index is 5.49. The average Bonchev–Trinajstić information content (AvgIpc) is 2.15. The molecule has 0 aromatic rings. The second kappa shape index (κ2) is 9.47. The highest BCUT2D eigenvalue weighted by Gasteiger charge is 2.07. The van der Waals surface area contributed by atoms with Gasteiger partial charge in [-0.15, -0.1) is 0 Å². The van der Waals surface area contributed by atoms with Gasteiger partial charge in [-0.05, 0) is 26.7 Å². The number of hydrogen-bond acceptors (Lipinski definition) is 2. The van der Waals surface area contributed by atoms with Crippen molar-refractivity contribution >= 4 is 0 Å². The summed E-state index contributed by atoms with van der Waals surface area (Å²) in [6.45, 7) is 10.5. The lowest BCUT2D eigenvalue weighted by Gasteiger charge is -2.20. The van der Waals surface area contributed by atoms with Crippen LogP contribution in [0.1, 0.15) is 53.4 Å². The molecule has 0 fully saturated rings. The molecular weight excluding hydrogens is 174 g/mol. The van der Waals surface area contributed by atoms with Crippen LogP contribution in [0.25, 0.3) is 0 Å². The van der Waals surface area contributed by atoms with Crippen molar-refractivity contribution in [3.8, 4) is 0 Å². The molecule has 0 aromatic heterocycles. The van der Waals surface area contributed by atoms with Gasteiger partial charge in [0.15, 0.2) is 0 Å². The standard InChI is InChI=1S/C12H27NO/c1-5-8-12(9-6-2)13-10-11(4)14-7-3/h11-13H,5-10H2,1-4H3. The van der Waals surface area contributed by atoms with Crippen molar-refractivity contribution in [2.45, 2.75) is 65.5 Å². The molecule has 2 heteroatoms. The molecule has 14 heavy (non-hydrogen) atoms. The van der Waals surface area contributed by atoms with Gasteiger partial charge in [0.25, 0.3) is 0 Å². The predicted molar refractivity (Wildman–Crippen MR) is 62.7 cm³/mol. The van der Waals surface area contributed by atoms with Crippen molar-refractivity contribution in [2.75, 3.05) is 13.2 Å². The highest BCUT2D eigenvalue weighted by molar-refractivity contribution is 4.67. The van der Waals surface area contributed by atoms with E-state index in [9.17, 15) is 0 Å². The lowest BCUT2D eigenvalue weighted by Crippen LogP contribution is -2.35. The molecule has 0 aliphatic heterocycles.